The highest BCUT2D eigenvalue weighted by atomic mass is 32.2. The number of nitrogens with two attached hydrogens (primary N) is 1. The van der Waals surface area contributed by atoms with E-state index in [1.54, 1.807) is 0 Å². The summed E-state index contributed by atoms with van der Waals surface area (Å²) in [7, 11) is 0. The molecule has 1 aliphatic rings. The average molecular weight is 271 g/mol. The summed E-state index contributed by atoms with van der Waals surface area (Å²) >= 11 is 3.44. The quantitative estimate of drug-likeness (QED) is 0.840. The fraction of sp³-hybridized carbons (Fsp3) is 0.583. The van der Waals surface area contributed by atoms with Crippen LogP contribution >= 0.6 is 23.1 Å². The van der Waals surface area contributed by atoms with Gasteiger partial charge in [-0.15, -0.1) is 23.1 Å². The predicted octanol–water partition coefficient (Wildman–Crippen LogP) is 3.07. The molecule has 1 aliphatic heterocycles. The number of carbonyl (C=O) groups excluding carboxylic acids is 1. The Balaban J connectivity index is 2.40. The van der Waals surface area contributed by atoms with E-state index in [9.17, 15) is 4.79 Å². The Morgan fingerprint density at radius 1 is 1.53 bits per heavy atom. The van der Waals surface area contributed by atoms with Gasteiger partial charge in [0.15, 0.2) is 0 Å². The van der Waals surface area contributed by atoms with Crippen LogP contribution in [0, 0.1) is 0 Å². The number of hydrogen-bond acceptors (Lipinski definition) is 5. The molecule has 2 N–H and O–H groups in total. The van der Waals surface area contributed by atoms with Crippen LogP contribution in [0.25, 0.3) is 0 Å². The van der Waals surface area contributed by atoms with E-state index in [1.807, 2.05) is 18.7 Å². The molecular formula is C12H17NO2S2. The Morgan fingerprint density at radius 3 is 2.88 bits per heavy atom. The highest BCUT2D eigenvalue weighted by Gasteiger charge is 2.32. The van der Waals surface area contributed by atoms with Crippen molar-refractivity contribution in [3.8, 4) is 0 Å². The van der Waals surface area contributed by atoms with Crippen LogP contribution < -0.4 is 5.73 Å². The molecule has 1 aromatic heterocycles. The van der Waals surface area contributed by atoms with E-state index in [0.29, 0.717) is 17.2 Å². The number of rotatable bonds is 2. The van der Waals surface area contributed by atoms with Gasteiger partial charge in [-0.3, -0.25) is 0 Å². The Hall–Kier alpha value is -0.680. The second-order valence-electron chi connectivity index (χ2n) is 4.69. The van der Waals surface area contributed by atoms with Gasteiger partial charge in [0, 0.05) is 15.4 Å². The summed E-state index contributed by atoms with van der Waals surface area (Å²) in [4.78, 5) is 13.1. The van der Waals surface area contributed by atoms with Gasteiger partial charge in [0.1, 0.15) is 5.00 Å². The number of ether oxygens (including phenoxy) is 1. The van der Waals surface area contributed by atoms with Gasteiger partial charge in [-0.1, -0.05) is 13.8 Å². The van der Waals surface area contributed by atoms with Gasteiger partial charge in [-0.25, -0.2) is 4.79 Å². The van der Waals surface area contributed by atoms with Crippen LogP contribution in [0.15, 0.2) is 0 Å². The Bertz CT molecular complexity index is 452. The lowest BCUT2D eigenvalue weighted by molar-refractivity contribution is 0.0527. The fourth-order valence-electron chi connectivity index (χ4n) is 2.00. The van der Waals surface area contributed by atoms with Crippen molar-refractivity contribution in [3.63, 3.8) is 0 Å². The van der Waals surface area contributed by atoms with E-state index < -0.39 is 0 Å². The number of hydrogen-bond donors (Lipinski definition) is 1. The van der Waals surface area contributed by atoms with Gasteiger partial charge in [0.05, 0.1) is 12.2 Å². The molecule has 0 atom stereocenters. The molecule has 0 aromatic carbocycles. The second kappa shape index (κ2) is 4.53. The average Bonchev–Trinajstić information content (AvgIpc) is 2.52. The molecule has 0 aliphatic carbocycles. The third kappa shape index (κ3) is 2.45. The minimum absolute atomic E-state index is 0.168. The maximum Gasteiger partial charge on any atom is 0.341 e. The maximum atomic E-state index is 11.9. The largest absolute Gasteiger partial charge is 0.462 e. The molecule has 2 rings (SSSR count). The maximum absolute atomic E-state index is 11.9. The molecule has 0 saturated heterocycles. The molecule has 1 aromatic rings. The summed E-state index contributed by atoms with van der Waals surface area (Å²) in [5, 5.41) is 0.603. The molecule has 3 nitrogen and oxygen atoms in total. The summed E-state index contributed by atoms with van der Waals surface area (Å²) in [6.45, 7) is 6.60. The smallest absolute Gasteiger partial charge is 0.341 e. The third-order valence-electron chi connectivity index (χ3n) is 2.79. The van der Waals surface area contributed by atoms with Crippen LogP contribution in [0.1, 0.15) is 41.6 Å². The normalized spacial score (nSPS) is 17.6. The van der Waals surface area contributed by atoms with Gasteiger partial charge < -0.3 is 10.5 Å². The molecule has 0 unspecified atom stereocenters. The summed E-state index contributed by atoms with van der Waals surface area (Å²) < 4.78 is 5.25. The predicted molar refractivity (Wildman–Crippen MR) is 73.8 cm³/mol. The SMILES string of the molecule is CCOC(=O)c1c(N)sc2c1CC(C)(C)SC2. The molecule has 0 spiro atoms. The number of anilines is 1. The van der Waals surface area contributed by atoms with E-state index in [2.05, 4.69) is 13.8 Å². The summed E-state index contributed by atoms with van der Waals surface area (Å²) in [5.74, 6) is 0.668. The van der Waals surface area contributed by atoms with Gasteiger partial charge in [-0.05, 0) is 18.9 Å². The van der Waals surface area contributed by atoms with Crippen molar-refractivity contribution in [1.82, 2.24) is 0 Å². The molecule has 5 heteroatoms. The Kier molecular flexibility index (Phi) is 3.41. The van der Waals surface area contributed by atoms with Gasteiger partial charge in [-0.2, -0.15) is 0 Å². The molecule has 94 valence electrons. The van der Waals surface area contributed by atoms with Crippen molar-refractivity contribution in [2.24, 2.45) is 0 Å². The summed E-state index contributed by atoms with van der Waals surface area (Å²) in [5.41, 5.74) is 7.67. The van der Waals surface area contributed by atoms with E-state index in [-0.39, 0.29) is 10.7 Å². The monoisotopic (exact) mass is 271 g/mol. The number of thiophene rings is 1. The molecule has 0 fully saturated rings. The summed E-state index contributed by atoms with van der Waals surface area (Å²) in [6, 6.07) is 0. The zero-order valence-corrected chi connectivity index (χ0v) is 12.0. The third-order valence-corrected chi connectivity index (χ3v) is 5.40. The van der Waals surface area contributed by atoms with Crippen LogP contribution in [0.4, 0.5) is 5.00 Å². The van der Waals surface area contributed by atoms with E-state index in [4.69, 9.17) is 10.5 Å². The van der Waals surface area contributed by atoms with Gasteiger partial charge in [0.25, 0.3) is 0 Å². The van der Waals surface area contributed by atoms with E-state index >= 15 is 0 Å². The van der Waals surface area contributed by atoms with Crippen molar-refractivity contribution in [2.45, 2.75) is 37.7 Å². The number of nitrogen functional groups attached to an aromatic ring is 1. The topological polar surface area (TPSA) is 52.3 Å². The number of thioether (sulfide) groups is 1. The molecule has 0 bridgehead atoms. The second-order valence-corrected chi connectivity index (χ2v) is 7.51. The first-order valence-corrected chi connectivity index (χ1v) is 7.46. The van der Waals surface area contributed by atoms with Crippen LogP contribution in [-0.4, -0.2) is 17.3 Å². The first-order chi connectivity index (χ1) is 7.94. The number of fused-ring (bicyclic) bond motifs is 1. The van der Waals surface area contributed by atoms with Crippen molar-refractivity contribution in [2.75, 3.05) is 12.3 Å². The zero-order valence-electron chi connectivity index (χ0n) is 10.3. The highest BCUT2D eigenvalue weighted by molar-refractivity contribution is 8.00. The molecule has 0 radical (unpaired) electrons. The molecule has 0 saturated carbocycles. The van der Waals surface area contributed by atoms with Crippen molar-refractivity contribution < 1.29 is 9.53 Å². The van der Waals surface area contributed by atoms with Crippen LogP contribution in [0.3, 0.4) is 0 Å². The van der Waals surface area contributed by atoms with Crippen LogP contribution in [0.5, 0.6) is 0 Å². The van der Waals surface area contributed by atoms with Crippen molar-refractivity contribution in [1.29, 1.82) is 0 Å². The first-order valence-electron chi connectivity index (χ1n) is 5.65. The van der Waals surface area contributed by atoms with Crippen molar-refractivity contribution in [3.05, 3.63) is 16.0 Å². The van der Waals surface area contributed by atoms with E-state index in [0.717, 1.165) is 17.7 Å². The minimum atomic E-state index is -0.273. The van der Waals surface area contributed by atoms with Gasteiger partial charge >= 0.3 is 5.97 Å². The molecular weight excluding hydrogens is 254 g/mol. The lowest BCUT2D eigenvalue weighted by Gasteiger charge is -2.29. The lowest BCUT2D eigenvalue weighted by atomic mass is 9.98. The van der Waals surface area contributed by atoms with E-state index in [1.165, 1.54) is 16.2 Å². The zero-order chi connectivity index (χ0) is 12.6. The standard InChI is InChI=1S/C12H17NO2S2/c1-4-15-11(14)9-7-5-12(2,3)16-6-8(7)17-10(9)13/h4-6,13H2,1-3H3. The van der Waals surface area contributed by atoms with Crippen LogP contribution in [0.2, 0.25) is 0 Å². The molecule has 17 heavy (non-hydrogen) atoms. The van der Waals surface area contributed by atoms with Crippen molar-refractivity contribution >= 4 is 34.1 Å². The lowest BCUT2D eigenvalue weighted by Crippen LogP contribution is -2.24. The number of esters is 1. The minimum Gasteiger partial charge on any atom is -0.462 e. The molecule has 2 heterocycles. The molecule has 0 amide bonds. The first kappa shape index (κ1) is 12.8. The van der Waals surface area contributed by atoms with Crippen LogP contribution in [-0.2, 0) is 16.9 Å². The number of carbonyl (C=O) groups is 1. The summed E-state index contributed by atoms with van der Waals surface area (Å²) in [6.07, 6.45) is 0.884. The fourth-order valence-corrected chi connectivity index (χ4v) is 4.23. The Morgan fingerprint density at radius 2 is 2.24 bits per heavy atom. The highest BCUT2D eigenvalue weighted by Crippen LogP contribution is 2.45. The van der Waals surface area contributed by atoms with Gasteiger partial charge in [0.2, 0.25) is 0 Å². The Labute approximate surface area is 110 Å².